The summed E-state index contributed by atoms with van der Waals surface area (Å²) >= 11 is 0. The summed E-state index contributed by atoms with van der Waals surface area (Å²) in [4.78, 5) is 42.4. The molecule has 0 saturated carbocycles. The number of aromatic amines is 1. The Hall–Kier alpha value is -4.24. The number of benzene rings is 2. The van der Waals surface area contributed by atoms with Crippen molar-refractivity contribution >= 4 is 23.5 Å². The first-order chi connectivity index (χ1) is 18.6. The number of nitrogens with one attached hydrogen (secondary N) is 3. The van der Waals surface area contributed by atoms with Crippen LogP contribution < -0.4 is 10.6 Å². The molecule has 1 aliphatic heterocycles. The van der Waals surface area contributed by atoms with Crippen LogP contribution in [-0.2, 0) is 23.3 Å². The van der Waals surface area contributed by atoms with E-state index in [1.807, 2.05) is 69.2 Å². The fourth-order valence-electron chi connectivity index (χ4n) is 4.91. The average Bonchev–Trinajstić information content (AvgIpc) is 3.41. The largest absolute Gasteiger partial charge is 0.330 e. The first kappa shape index (κ1) is 27.8. The van der Waals surface area contributed by atoms with Crippen molar-refractivity contribution in [3.63, 3.8) is 0 Å². The summed E-state index contributed by atoms with van der Waals surface area (Å²) in [7, 11) is 3.95. The summed E-state index contributed by atoms with van der Waals surface area (Å²) in [5.41, 5.74) is 3.10. The summed E-state index contributed by atoms with van der Waals surface area (Å²) in [6.07, 6.45) is 3.44. The maximum Gasteiger partial charge on any atom is 0.319 e. The Bertz CT molecular complexity index is 1380. The molecule has 0 aliphatic carbocycles. The maximum atomic E-state index is 13.6. The third kappa shape index (κ3) is 6.26. The van der Waals surface area contributed by atoms with Crippen LogP contribution in [0.25, 0.3) is 0 Å². The van der Waals surface area contributed by atoms with E-state index >= 15 is 0 Å². The van der Waals surface area contributed by atoms with Crippen molar-refractivity contribution in [2.75, 3.05) is 26.0 Å². The smallest absolute Gasteiger partial charge is 0.319 e. The molecule has 9 nitrogen and oxygen atoms in total. The third-order valence-corrected chi connectivity index (χ3v) is 6.91. The third-order valence-electron chi connectivity index (χ3n) is 6.91. The van der Waals surface area contributed by atoms with Gasteiger partial charge in [0.25, 0.3) is 5.91 Å². The van der Waals surface area contributed by atoms with Gasteiger partial charge >= 0.3 is 6.03 Å². The van der Waals surface area contributed by atoms with Gasteiger partial charge in [-0.3, -0.25) is 14.7 Å². The van der Waals surface area contributed by atoms with Crippen molar-refractivity contribution in [2.24, 2.45) is 0 Å². The van der Waals surface area contributed by atoms with Crippen LogP contribution in [0.15, 0.2) is 66.7 Å². The number of likely N-dealkylation sites (N-methyl/N-ethyl adjacent to an activating group) is 1. The number of carbonyl (C=O) groups is 3. The van der Waals surface area contributed by atoms with Crippen molar-refractivity contribution in [1.82, 2.24) is 25.3 Å². The summed E-state index contributed by atoms with van der Waals surface area (Å²) in [5, 5.41) is 13.5. The molecule has 0 radical (unpaired) electrons. The minimum Gasteiger partial charge on any atom is -0.330 e. The number of nitrogens with zero attached hydrogens (tertiary/aromatic N) is 3. The standard InChI is InChI=1S/C30H36N6O3/c1-6-11-23(37)17-20-12-10-15-22(16-20)28(38)32-27-24-18-36(30(2,3)26(24)33-34-27)29(39)31-25(19-35(4)5)21-13-8-7-9-14-21/h6-16,25H,17-19H2,1-5H3,(H,31,39)(H2,32,33,34,38)/b11-6+/t25-/m1/s1. The minimum absolute atomic E-state index is 0.0270. The summed E-state index contributed by atoms with van der Waals surface area (Å²) < 4.78 is 0. The van der Waals surface area contributed by atoms with E-state index in [4.69, 9.17) is 0 Å². The number of ketones is 1. The molecule has 3 aromatic rings. The molecule has 0 fully saturated rings. The van der Waals surface area contributed by atoms with Crippen LogP contribution in [0.5, 0.6) is 0 Å². The Morgan fingerprint density at radius 3 is 2.56 bits per heavy atom. The molecule has 0 spiro atoms. The fraction of sp³-hybridized carbons (Fsp3) is 0.333. The molecule has 4 rings (SSSR count). The normalized spacial score (nSPS) is 14.9. The average molecular weight is 529 g/mol. The number of H-pyrrole nitrogens is 1. The quantitative estimate of drug-likeness (QED) is 0.356. The van der Waals surface area contributed by atoms with Gasteiger partial charge in [0, 0.05) is 24.1 Å². The Morgan fingerprint density at radius 2 is 1.87 bits per heavy atom. The molecular weight excluding hydrogens is 492 g/mol. The lowest BCUT2D eigenvalue weighted by molar-refractivity contribution is -0.114. The first-order valence-corrected chi connectivity index (χ1v) is 13.0. The Balaban J connectivity index is 1.49. The fourth-order valence-corrected chi connectivity index (χ4v) is 4.91. The zero-order chi connectivity index (χ0) is 28.2. The number of amides is 3. The highest BCUT2D eigenvalue weighted by Crippen LogP contribution is 2.40. The van der Waals surface area contributed by atoms with Gasteiger partial charge in [-0.2, -0.15) is 5.10 Å². The second kappa shape index (κ2) is 11.7. The number of allylic oxidation sites excluding steroid dienone is 2. The second-order valence-electron chi connectivity index (χ2n) is 10.5. The van der Waals surface area contributed by atoms with Gasteiger partial charge in [0.2, 0.25) is 0 Å². The molecule has 204 valence electrons. The van der Waals surface area contributed by atoms with Crippen LogP contribution in [0.2, 0.25) is 0 Å². The molecule has 0 saturated heterocycles. The van der Waals surface area contributed by atoms with Crippen molar-refractivity contribution in [3.05, 3.63) is 94.7 Å². The summed E-state index contributed by atoms with van der Waals surface area (Å²) in [6.45, 7) is 6.65. The van der Waals surface area contributed by atoms with Gasteiger partial charge in [-0.05, 0) is 64.2 Å². The van der Waals surface area contributed by atoms with Crippen LogP contribution in [0, 0.1) is 0 Å². The summed E-state index contributed by atoms with van der Waals surface area (Å²) in [6, 6.07) is 16.5. The van der Waals surface area contributed by atoms with E-state index in [2.05, 4.69) is 20.8 Å². The number of hydrogen-bond acceptors (Lipinski definition) is 5. The molecule has 0 unspecified atom stereocenters. The van der Waals surface area contributed by atoms with Gasteiger partial charge < -0.3 is 20.4 Å². The lowest BCUT2D eigenvalue weighted by Crippen LogP contribution is -2.48. The van der Waals surface area contributed by atoms with Crippen molar-refractivity contribution < 1.29 is 14.4 Å². The van der Waals surface area contributed by atoms with Crippen LogP contribution in [0.4, 0.5) is 10.6 Å². The zero-order valence-electron chi connectivity index (χ0n) is 23.1. The Morgan fingerprint density at radius 1 is 1.13 bits per heavy atom. The first-order valence-electron chi connectivity index (χ1n) is 13.0. The molecule has 1 aliphatic rings. The zero-order valence-corrected chi connectivity index (χ0v) is 23.1. The van der Waals surface area contributed by atoms with E-state index < -0.39 is 5.54 Å². The number of aromatic nitrogens is 2. The molecule has 2 aromatic carbocycles. The number of rotatable bonds is 9. The number of fused-ring (bicyclic) bond motifs is 1. The van der Waals surface area contributed by atoms with Gasteiger partial charge in [-0.1, -0.05) is 48.5 Å². The number of hydrogen-bond donors (Lipinski definition) is 3. The maximum absolute atomic E-state index is 13.6. The van der Waals surface area contributed by atoms with Gasteiger partial charge in [-0.25, -0.2) is 4.79 Å². The molecule has 3 N–H and O–H groups in total. The molecule has 0 bridgehead atoms. The number of urea groups is 1. The number of anilines is 1. The summed E-state index contributed by atoms with van der Waals surface area (Å²) in [5.74, 6) is 0.0306. The monoisotopic (exact) mass is 528 g/mol. The lowest BCUT2D eigenvalue weighted by atomic mass is 10.0. The highest BCUT2D eigenvalue weighted by Gasteiger charge is 2.44. The molecule has 1 atom stereocenters. The number of carbonyl (C=O) groups excluding carboxylic acids is 3. The molecule has 1 aromatic heterocycles. The van der Waals surface area contributed by atoms with E-state index in [1.54, 1.807) is 36.1 Å². The van der Waals surface area contributed by atoms with Crippen LogP contribution >= 0.6 is 0 Å². The molecule has 9 heteroatoms. The van der Waals surface area contributed by atoms with E-state index in [1.165, 1.54) is 6.08 Å². The predicted molar refractivity (Wildman–Crippen MR) is 151 cm³/mol. The molecule has 3 amide bonds. The Kier molecular flexibility index (Phi) is 8.30. The van der Waals surface area contributed by atoms with E-state index in [9.17, 15) is 14.4 Å². The Labute approximate surface area is 229 Å². The van der Waals surface area contributed by atoms with E-state index in [0.717, 1.165) is 22.4 Å². The van der Waals surface area contributed by atoms with Crippen molar-refractivity contribution in [2.45, 2.75) is 45.3 Å². The SMILES string of the molecule is C/C=C/C(=O)Cc1cccc(C(=O)Nc2n[nH]c3c2CN(C(=O)N[C@H](CN(C)C)c2ccccc2)C3(C)C)c1. The van der Waals surface area contributed by atoms with E-state index in [-0.39, 0.29) is 30.2 Å². The van der Waals surface area contributed by atoms with Crippen LogP contribution in [0.1, 0.15) is 59.6 Å². The van der Waals surface area contributed by atoms with Gasteiger partial charge in [-0.15, -0.1) is 0 Å². The van der Waals surface area contributed by atoms with Crippen LogP contribution in [-0.4, -0.2) is 58.4 Å². The molecular formula is C30H36N6O3. The topological polar surface area (TPSA) is 110 Å². The molecule has 39 heavy (non-hydrogen) atoms. The lowest BCUT2D eigenvalue weighted by Gasteiger charge is -2.34. The van der Waals surface area contributed by atoms with E-state index in [0.29, 0.717) is 24.5 Å². The predicted octanol–water partition coefficient (Wildman–Crippen LogP) is 4.41. The highest BCUT2D eigenvalue weighted by atomic mass is 16.2. The van der Waals surface area contributed by atoms with Gasteiger partial charge in [0.05, 0.1) is 23.8 Å². The molecule has 2 heterocycles. The van der Waals surface area contributed by atoms with Gasteiger partial charge in [0.1, 0.15) is 0 Å². The van der Waals surface area contributed by atoms with Gasteiger partial charge in [0.15, 0.2) is 11.6 Å². The highest BCUT2D eigenvalue weighted by molar-refractivity contribution is 6.04. The van der Waals surface area contributed by atoms with Crippen molar-refractivity contribution in [3.8, 4) is 0 Å². The second-order valence-corrected chi connectivity index (χ2v) is 10.5. The minimum atomic E-state index is -0.665. The van der Waals surface area contributed by atoms with Crippen molar-refractivity contribution in [1.29, 1.82) is 0 Å². The van der Waals surface area contributed by atoms with Crippen LogP contribution in [0.3, 0.4) is 0 Å².